The first-order valence-corrected chi connectivity index (χ1v) is 11.5. The summed E-state index contributed by atoms with van der Waals surface area (Å²) in [6.45, 7) is 13.9. The number of fused-ring (bicyclic) bond motifs is 1. The van der Waals surface area contributed by atoms with Crippen molar-refractivity contribution < 1.29 is 29.0 Å². The smallest absolute Gasteiger partial charge is 0.313 e. The molecule has 0 saturated carbocycles. The number of carbonyl (C=O) groups excluding carboxylic acids is 3. The monoisotopic (exact) mass is 448 g/mol. The summed E-state index contributed by atoms with van der Waals surface area (Å²) in [7, 11) is 0. The molecule has 0 radical (unpaired) electrons. The van der Waals surface area contributed by atoms with Gasteiger partial charge in [-0.2, -0.15) is 0 Å². The molecule has 2 amide bonds. The lowest BCUT2D eigenvalue weighted by Gasteiger charge is -2.37. The second-order valence-electron chi connectivity index (χ2n) is 9.30. The van der Waals surface area contributed by atoms with Gasteiger partial charge >= 0.3 is 5.97 Å². The minimum absolute atomic E-state index is 0.00603. The van der Waals surface area contributed by atoms with Crippen LogP contribution in [0.5, 0.6) is 0 Å². The summed E-state index contributed by atoms with van der Waals surface area (Å²) in [4.78, 5) is 43.7. The van der Waals surface area contributed by atoms with Crippen LogP contribution in [0, 0.1) is 17.8 Å². The topological polar surface area (TPSA) is 96.4 Å². The Hall–Kier alpha value is -2.19. The van der Waals surface area contributed by atoms with Gasteiger partial charge in [0.1, 0.15) is 24.2 Å². The molecule has 6 atom stereocenters. The van der Waals surface area contributed by atoms with Crippen LogP contribution >= 0.6 is 0 Å². The molecular formula is C24H36N2O6. The molecule has 32 heavy (non-hydrogen) atoms. The second kappa shape index (κ2) is 9.35. The minimum atomic E-state index is -1.12. The Morgan fingerprint density at radius 1 is 1.38 bits per heavy atom. The van der Waals surface area contributed by atoms with Crippen LogP contribution in [0.4, 0.5) is 0 Å². The van der Waals surface area contributed by atoms with E-state index in [0.717, 1.165) is 12.8 Å². The second-order valence-corrected chi connectivity index (χ2v) is 9.30. The number of hydrogen-bond donors (Lipinski definition) is 1. The Balaban J connectivity index is 2.05. The van der Waals surface area contributed by atoms with E-state index < -0.39 is 35.0 Å². The number of rotatable bonds is 11. The molecule has 0 aromatic heterocycles. The highest BCUT2D eigenvalue weighted by Crippen LogP contribution is 2.65. The van der Waals surface area contributed by atoms with E-state index in [0.29, 0.717) is 19.5 Å². The summed E-state index contributed by atoms with van der Waals surface area (Å²) >= 11 is 0. The molecular weight excluding hydrogens is 412 g/mol. The molecule has 178 valence electrons. The Morgan fingerprint density at radius 2 is 2.09 bits per heavy atom. The van der Waals surface area contributed by atoms with Gasteiger partial charge in [0.2, 0.25) is 11.8 Å². The molecule has 0 aliphatic carbocycles. The Kier molecular flexibility index (Phi) is 7.15. The summed E-state index contributed by atoms with van der Waals surface area (Å²) in [5.41, 5.74) is -2.03. The van der Waals surface area contributed by atoms with Crippen LogP contribution in [0.1, 0.15) is 40.0 Å². The highest BCUT2D eigenvalue weighted by Gasteiger charge is 2.80. The van der Waals surface area contributed by atoms with Crippen molar-refractivity contribution in [3.05, 3.63) is 25.3 Å². The fraction of sp³-hybridized carbons (Fsp3) is 0.708. The molecule has 3 aliphatic heterocycles. The van der Waals surface area contributed by atoms with Gasteiger partial charge in [0.25, 0.3) is 0 Å². The lowest BCUT2D eigenvalue weighted by molar-refractivity contribution is -0.161. The SMILES string of the molecule is C=CCOC(=O)[C@@H]1[C@H]2C(=O)N(CCO)C(C(=O)N(CC=C)CCCC)C23CC(C)[C@@]1(C)O3. The third kappa shape index (κ3) is 3.57. The number of aliphatic hydroxyl groups excluding tert-OH is 1. The largest absolute Gasteiger partial charge is 0.461 e. The van der Waals surface area contributed by atoms with Gasteiger partial charge in [-0.15, -0.1) is 6.58 Å². The van der Waals surface area contributed by atoms with E-state index in [1.807, 2.05) is 20.8 Å². The quantitative estimate of drug-likeness (QED) is 0.380. The number of β-amino-alcohol motifs (C(OH)–C–C–N with tert-alkyl or cyclic N) is 1. The zero-order valence-electron chi connectivity index (χ0n) is 19.4. The molecule has 3 aliphatic rings. The first-order chi connectivity index (χ1) is 15.2. The average molecular weight is 449 g/mol. The van der Waals surface area contributed by atoms with Crippen molar-refractivity contribution >= 4 is 17.8 Å². The lowest BCUT2D eigenvalue weighted by atomic mass is 9.62. The molecule has 8 nitrogen and oxygen atoms in total. The maximum atomic E-state index is 13.9. The molecule has 3 fully saturated rings. The van der Waals surface area contributed by atoms with Crippen LogP contribution in [0.3, 0.4) is 0 Å². The van der Waals surface area contributed by atoms with E-state index >= 15 is 0 Å². The maximum Gasteiger partial charge on any atom is 0.313 e. The van der Waals surface area contributed by atoms with Crippen LogP contribution in [-0.2, 0) is 23.9 Å². The van der Waals surface area contributed by atoms with Gasteiger partial charge in [-0.1, -0.05) is 39.0 Å². The van der Waals surface area contributed by atoms with Crippen molar-refractivity contribution in [2.24, 2.45) is 17.8 Å². The Labute approximate surface area is 190 Å². The molecule has 3 heterocycles. The van der Waals surface area contributed by atoms with Gasteiger partial charge in [-0.05, 0) is 25.7 Å². The van der Waals surface area contributed by atoms with Crippen LogP contribution in [-0.4, -0.2) is 82.8 Å². The number of nitrogens with zero attached hydrogens (tertiary/aromatic N) is 2. The van der Waals surface area contributed by atoms with E-state index in [1.54, 1.807) is 11.0 Å². The van der Waals surface area contributed by atoms with Gasteiger partial charge in [0.05, 0.1) is 18.1 Å². The predicted octanol–water partition coefficient (Wildman–Crippen LogP) is 1.53. The van der Waals surface area contributed by atoms with Crippen LogP contribution in [0.15, 0.2) is 25.3 Å². The number of hydrogen-bond acceptors (Lipinski definition) is 6. The zero-order chi connectivity index (χ0) is 23.7. The van der Waals surface area contributed by atoms with Crippen molar-refractivity contribution in [1.29, 1.82) is 0 Å². The van der Waals surface area contributed by atoms with Gasteiger partial charge in [0, 0.05) is 19.6 Å². The Morgan fingerprint density at radius 3 is 2.69 bits per heavy atom. The number of aliphatic hydroxyl groups is 1. The standard InChI is InChI=1S/C24H36N2O6/c1-6-9-11-25(10-7-2)21(29)19-24-15-16(4)23(5,32-24)18(22(30)31-14-8-3)17(24)20(28)26(19)12-13-27/h7-8,16-19,27H,2-3,6,9-15H2,1,4-5H3/t16?,17-,18-,19?,23+,24?/m0/s1. The van der Waals surface area contributed by atoms with E-state index in [9.17, 15) is 19.5 Å². The number of unbranched alkanes of at least 4 members (excludes halogenated alkanes) is 1. The fourth-order valence-corrected chi connectivity index (χ4v) is 5.92. The van der Waals surface area contributed by atoms with E-state index in [-0.39, 0.29) is 37.5 Å². The van der Waals surface area contributed by atoms with Crippen molar-refractivity contribution in [3.8, 4) is 0 Å². The van der Waals surface area contributed by atoms with Crippen LogP contribution in [0.2, 0.25) is 0 Å². The normalized spacial score (nSPS) is 35.0. The summed E-state index contributed by atoms with van der Waals surface area (Å²) in [6.07, 6.45) is 5.38. The maximum absolute atomic E-state index is 13.9. The van der Waals surface area contributed by atoms with Crippen molar-refractivity contribution in [3.63, 3.8) is 0 Å². The molecule has 2 bridgehead atoms. The highest BCUT2D eigenvalue weighted by molar-refractivity contribution is 5.98. The van der Waals surface area contributed by atoms with Crippen LogP contribution < -0.4 is 0 Å². The van der Waals surface area contributed by atoms with E-state index in [1.165, 1.54) is 11.0 Å². The number of carbonyl (C=O) groups is 3. The molecule has 3 saturated heterocycles. The lowest BCUT2D eigenvalue weighted by Crippen LogP contribution is -2.57. The van der Waals surface area contributed by atoms with Crippen molar-refractivity contribution in [1.82, 2.24) is 9.80 Å². The Bertz CT molecular complexity index is 784. The molecule has 0 aromatic carbocycles. The summed E-state index contributed by atoms with van der Waals surface area (Å²) in [5.74, 6) is -2.76. The minimum Gasteiger partial charge on any atom is -0.461 e. The van der Waals surface area contributed by atoms with Gasteiger partial charge in [0.15, 0.2) is 0 Å². The molecule has 0 aromatic rings. The molecule has 1 spiro atoms. The summed E-state index contributed by atoms with van der Waals surface area (Å²) in [5, 5.41) is 9.67. The van der Waals surface area contributed by atoms with E-state index in [4.69, 9.17) is 9.47 Å². The molecule has 3 unspecified atom stereocenters. The molecule has 1 N–H and O–H groups in total. The number of likely N-dealkylation sites (tertiary alicyclic amines) is 1. The number of esters is 1. The molecule has 8 heteroatoms. The highest BCUT2D eigenvalue weighted by atomic mass is 16.6. The van der Waals surface area contributed by atoms with E-state index in [2.05, 4.69) is 13.2 Å². The van der Waals surface area contributed by atoms with Gasteiger partial charge in [-0.3, -0.25) is 14.4 Å². The van der Waals surface area contributed by atoms with Gasteiger partial charge in [-0.25, -0.2) is 0 Å². The third-order valence-electron chi connectivity index (χ3n) is 7.43. The summed E-state index contributed by atoms with van der Waals surface area (Å²) < 4.78 is 11.9. The number of ether oxygens (including phenoxy) is 2. The first kappa shape index (κ1) is 24.5. The van der Waals surface area contributed by atoms with Crippen molar-refractivity contribution in [2.45, 2.75) is 57.3 Å². The van der Waals surface area contributed by atoms with Crippen LogP contribution in [0.25, 0.3) is 0 Å². The van der Waals surface area contributed by atoms with Crippen molar-refractivity contribution in [2.75, 3.05) is 32.8 Å². The predicted molar refractivity (Wildman–Crippen MR) is 118 cm³/mol. The summed E-state index contributed by atoms with van der Waals surface area (Å²) in [6, 6.07) is -0.898. The average Bonchev–Trinajstić information content (AvgIpc) is 3.26. The molecule has 3 rings (SSSR count). The van der Waals surface area contributed by atoms with Gasteiger partial charge < -0.3 is 24.4 Å². The number of amides is 2. The fourth-order valence-electron chi connectivity index (χ4n) is 5.92. The first-order valence-electron chi connectivity index (χ1n) is 11.5. The zero-order valence-corrected chi connectivity index (χ0v) is 19.4. The third-order valence-corrected chi connectivity index (χ3v) is 7.43.